The molecule has 1 aromatic heterocycles. The fourth-order valence-corrected chi connectivity index (χ4v) is 0.799. The van der Waals surface area contributed by atoms with Crippen LogP contribution in [0.4, 0.5) is 5.69 Å². The van der Waals surface area contributed by atoms with E-state index in [0.29, 0.717) is 5.56 Å². The van der Waals surface area contributed by atoms with Gasteiger partial charge in [0.25, 0.3) is 5.69 Å². The van der Waals surface area contributed by atoms with E-state index in [1.807, 2.05) is 13.8 Å². The van der Waals surface area contributed by atoms with E-state index >= 15 is 0 Å². The van der Waals surface area contributed by atoms with E-state index in [4.69, 9.17) is 0 Å². The van der Waals surface area contributed by atoms with Crippen LogP contribution in [0.2, 0.25) is 0 Å². The molecule has 4 nitrogen and oxygen atoms in total. The van der Waals surface area contributed by atoms with Crippen molar-refractivity contribution in [2.75, 3.05) is 0 Å². The second-order valence-electron chi connectivity index (χ2n) is 2.36. The van der Waals surface area contributed by atoms with Gasteiger partial charge in [-0.15, -0.1) is 0 Å². The van der Waals surface area contributed by atoms with E-state index in [0.717, 1.165) is 5.56 Å². The first kappa shape index (κ1) is 11.6. The summed E-state index contributed by atoms with van der Waals surface area (Å²) in [5.41, 5.74) is 1.62. The van der Waals surface area contributed by atoms with E-state index in [9.17, 15) is 10.1 Å². The van der Waals surface area contributed by atoms with Gasteiger partial charge >= 0.3 is 0 Å². The van der Waals surface area contributed by atoms with Crippen molar-refractivity contribution in [3.63, 3.8) is 0 Å². The van der Waals surface area contributed by atoms with Crippen LogP contribution < -0.4 is 0 Å². The zero-order valence-corrected chi connectivity index (χ0v) is 8.37. The van der Waals surface area contributed by atoms with Gasteiger partial charge in [-0.3, -0.25) is 15.1 Å². The van der Waals surface area contributed by atoms with Crippen molar-refractivity contribution in [1.29, 1.82) is 0 Å². The van der Waals surface area contributed by atoms with Crippen molar-refractivity contribution in [3.05, 3.63) is 33.6 Å². The molecule has 0 radical (unpaired) electrons. The molecule has 0 saturated carbocycles. The van der Waals surface area contributed by atoms with Gasteiger partial charge in [-0.2, -0.15) is 0 Å². The number of pyridine rings is 1. The highest BCUT2D eigenvalue weighted by Crippen LogP contribution is 2.17. The highest BCUT2D eigenvalue weighted by Gasteiger charge is 2.10. The number of nitro groups is 1. The Morgan fingerprint density at radius 2 is 1.85 bits per heavy atom. The lowest BCUT2D eigenvalue weighted by molar-refractivity contribution is -0.385. The Morgan fingerprint density at radius 3 is 2.23 bits per heavy atom. The van der Waals surface area contributed by atoms with Gasteiger partial charge in [0.2, 0.25) is 0 Å². The van der Waals surface area contributed by atoms with Crippen molar-refractivity contribution in [2.24, 2.45) is 0 Å². The number of hydrogen-bond acceptors (Lipinski definition) is 3. The molecule has 0 bridgehead atoms. The van der Waals surface area contributed by atoms with Gasteiger partial charge in [0, 0.05) is 11.8 Å². The summed E-state index contributed by atoms with van der Waals surface area (Å²) in [6.45, 7) is 7.52. The van der Waals surface area contributed by atoms with Crippen molar-refractivity contribution in [3.8, 4) is 0 Å². The summed E-state index contributed by atoms with van der Waals surface area (Å²) in [6, 6.07) is 0. The average molecular weight is 182 g/mol. The molecule has 0 aliphatic heterocycles. The Balaban J connectivity index is 0.000000671. The summed E-state index contributed by atoms with van der Waals surface area (Å²) < 4.78 is 0. The van der Waals surface area contributed by atoms with Crippen LogP contribution in [0.1, 0.15) is 25.0 Å². The van der Waals surface area contributed by atoms with Crippen molar-refractivity contribution in [2.45, 2.75) is 27.7 Å². The van der Waals surface area contributed by atoms with Gasteiger partial charge < -0.3 is 0 Å². The Kier molecular flexibility index (Phi) is 4.66. The lowest BCUT2D eigenvalue weighted by Crippen LogP contribution is -1.94. The smallest absolute Gasteiger partial charge is 0.258 e. The van der Waals surface area contributed by atoms with Crippen LogP contribution >= 0.6 is 0 Å². The summed E-state index contributed by atoms with van der Waals surface area (Å²) in [7, 11) is 0. The fourth-order valence-electron chi connectivity index (χ4n) is 0.799. The van der Waals surface area contributed by atoms with E-state index in [1.165, 1.54) is 6.20 Å². The Bertz CT molecular complexity index is 298. The Hall–Kier alpha value is -1.45. The molecule has 1 aromatic rings. The summed E-state index contributed by atoms with van der Waals surface area (Å²) in [4.78, 5) is 13.6. The molecule has 72 valence electrons. The van der Waals surface area contributed by atoms with Crippen LogP contribution in [0.5, 0.6) is 0 Å². The third kappa shape index (κ3) is 2.82. The molecule has 0 unspecified atom stereocenters. The zero-order chi connectivity index (χ0) is 10.4. The minimum absolute atomic E-state index is 0.0880. The molecule has 4 heteroatoms. The minimum atomic E-state index is -0.421. The summed E-state index contributed by atoms with van der Waals surface area (Å²) in [5, 5.41) is 10.3. The first-order chi connectivity index (χ1) is 6.13. The van der Waals surface area contributed by atoms with Crippen molar-refractivity contribution >= 4 is 5.69 Å². The Morgan fingerprint density at radius 1 is 1.31 bits per heavy atom. The van der Waals surface area contributed by atoms with E-state index in [2.05, 4.69) is 4.98 Å². The normalized spacial score (nSPS) is 8.62. The number of aryl methyl sites for hydroxylation is 1. The summed E-state index contributed by atoms with van der Waals surface area (Å²) in [5.74, 6) is 0. The first-order valence-corrected chi connectivity index (χ1v) is 4.18. The van der Waals surface area contributed by atoms with Crippen molar-refractivity contribution in [1.82, 2.24) is 4.98 Å². The molecule has 0 aliphatic carbocycles. The van der Waals surface area contributed by atoms with Gasteiger partial charge in [-0.25, -0.2) is 0 Å². The molecule has 13 heavy (non-hydrogen) atoms. The van der Waals surface area contributed by atoms with Crippen molar-refractivity contribution < 1.29 is 4.92 Å². The first-order valence-electron chi connectivity index (χ1n) is 4.18. The topological polar surface area (TPSA) is 56.0 Å². The second-order valence-corrected chi connectivity index (χ2v) is 2.36. The third-order valence-corrected chi connectivity index (χ3v) is 1.64. The van der Waals surface area contributed by atoms with Crippen LogP contribution in [0.15, 0.2) is 12.4 Å². The number of rotatable bonds is 1. The summed E-state index contributed by atoms with van der Waals surface area (Å²) in [6.07, 6.45) is 2.88. The lowest BCUT2D eigenvalue weighted by Gasteiger charge is -1.97. The molecule has 0 spiro atoms. The molecule has 1 rings (SSSR count). The zero-order valence-electron chi connectivity index (χ0n) is 8.37. The van der Waals surface area contributed by atoms with Crippen LogP contribution in [-0.2, 0) is 0 Å². The van der Waals surface area contributed by atoms with Crippen LogP contribution in [-0.4, -0.2) is 9.91 Å². The maximum absolute atomic E-state index is 10.3. The SMILES string of the molecule is CC.Cc1cncc([N+](=O)[O-])c1C. The van der Waals surface area contributed by atoms with Gasteiger partial charge in [-0.05, 0) is 19.4 Å². The molecule has 0 N–H and O–H groups in total. The van der Waals surface area contributed by atoms with E-state index < -0.39 is 4.92 Å². The number of hydrogen-bond donors (Lipinski definition) is 0. The van der Waals surface area contributed by atoms with Crippen LogP contribution in [0.3, 0.4) is 0 Å². The molecular formula is C9H14N2O2. The number of nitrogens with zero attached hydrogens (tertiary/aromatic N) is 2. The van der Waals surface area contributed by atoms with Crippen LogP contribution in [0.25, 0.3) is 0 Å². The Labute approximate surface area is 77.8 Å². The maximum atomic E-state index is 10.3. The molecule has 0 saturated heterocycles. The van der Waals surface area contributed by atoms with E-state index in [1.54, 1.807) is 20.0 Å². The lowest BCUT2D eigenvalue weighted by atomic mass is 10.1. The fraction of sp³-hybridized carbons (Fsp3) is 0.444. The highest BCUT2D eigenvalue weighted by molar-refractivity contribution is 5.40. The minimum Gasteiger partial charge on any atom is -0.258 e. The highest BCUT2D eigenvalue weighted by atomic mass is 16.6. The van der Waals surface area contributed by atoms with Gasteiger partial charge in [0.05, 0.1) is 4.92 Å². The molecule has 0 fully saturated rings. The molecule has 0 aromatic carbocycles. The predicted octanol–water partition coefficient (Wildman–Crippen LogP) is 2.63. The number of aromatic nitrogens is 1. The predicted molar refractivity (Wildman–Crippen MR) is 51.7 cm³/mol. The maximum Gasteiger partial charge on any atom is 0.290 e. The molecular weight excluding hydrogens is 168 g/mol. The molecule has 0 amide bonds. The van der Waals surface area contributed by atoms with Gasteiger partial charge in [0.15, 0.2) is 0 Å². The second kappa shape index (κ2) is 5.24. The monoisotopic (exact) mass is 182 g/mol. The third-order valence-electron chi connectivity index (χ3n) is 1.64. The van der Waals surface area contributed by atoms with Gasteiger partial charge in [0.1, 0.15) is 6.20 Å². The van der Waals surface area contributed by atoms with Gasteiger partial charge in [-0.1, -0.05) is 13.8 Å². The molecule has 1 heterocycles. The quantitative estimate of drug-likeness (QED) is 0.495. The standard InChI is InChI=1S/C7H8N2O2.C2H6/c1-5-3-8-4-7(6(5)2)9(10)11;1-2/h3-4H,1-2H3;1-2H3. The summed E-state index contributed by atoms with van der Waals surface area (Å²) >= 11 is 0. The molecule has 0 atom stereocenters. The van der Waals surface area contributed by atoms with Crippen LogP contribution in [0, 0.1) is 24.0 Å². The largest absolute Gasteiger partial charge is 0.290 e. The average Bonchev–Trinajstić information content (AvgIpc) is 2.13. The molecule has 0 aliphatic rings. The van der Waals surface area contributed by atoms with E-state index in [-0.39, 0.29) is 5.69 Å².